The first-order valence-electron chi connectivity index (χ1n) is 8.07. The number of carbonyl (C=O) groups is 2. The van der Waals surface area contributed by atoms with Crippen molar-refractivity contribution in [2.24, 2.45) is 5.92 Å². The molecule has 1 aliphatic rings. The Bertz CT molecular complexity index is 790. The van der Waals surface area contributed by atoms with Gasteiger partial charge in [0.15, 0.2) is 0 Å². The van der Waals surface area contributed by atoms with Crippen LogP contribution < -0.4 is 15.0 Å². The van der Waals surface area contributed by atoms with E-state index in [-0.39, 0.29) is 24.2 Å². The molecular formula is C17H20N4O3S. The molecule has 25 heavy (non-hydrogen) atoms. The number of nitrogens with one attached hydrogen (secondary N) is 1. The zero-order valence-electron chi connectivity index (χ0n) is 14.4. The monoisotopic (exact) mass is 360 g/mol. The second-order valence-corrected chi connectivity index (χ2v) is 7.18. The van der Waals surface area contributed by atoms with Gasteiger partial charge in [0.1, 0.15) is 10.8 Å². The molecule has 8 heteroatoms. The summed E-state index contributed by atoms with van der Waals surface area (Å²) in [5.41, 5.74) is 0.684. The Morgan fingerprint density at radius 2 is 2.12 bits per heavy atom. The number of amides is 2. The van der Waals surface area contributed by atoms with Gasteiger partial charge in [-0.3, -0.25) is 9.59 Å². The van der Waals surface area contributed by atoms with Gasteiger partial charge in [0, 0.05) is 18.9 Å². The van der Waals surface area contributed by atoms with Crippen molar-refractivity contribution in [1.29, 1.82) is 0 Å². The van der Waals surface area contributed by atoms with Crippen LogP contribution in [0.1, 0.15) is 31.2 Å². The summed E-state index contributed by atoms with van der Waals surface area (Å²) in [6.07, 6.45) is 0.166. The van der Waals surface area contributed by atoms with Crippen LogP contribution in [0, 0.1) is 5.92 Å². The highest BCUT2D eigenvalue weighted by Crippen LogP contribution is 2.33. The normalized spacial score (nSPS) is 17.2. The number of para-hydroxylation sites is 2. The number of methoxy groups -OCH3 is 1. The van der Waals surface area contributed by atoms with Crippen LogP contribution >= 0.6 is 11.3 Å². The van der Waals surface area contributed by atoms with Crippen molar-refractivity contribution in [1.82, 2.24) is 10.2 Å². The maximum atomic E-state index is 12.5. The molecule has 2 aromatic rings. The fourth-order valence-electron chi connectivity index (χ4n) is 2.69. The highest BCUT2D eigenvalue weighted by Gasteiger charge is 2.36. The molecule has 0 saturated carbocycles. The molecule has 1 fully saturated rings. The van der Waals surface area contributed by atoms with E-state index in [1.807, 2.05) is 32.0 Å². The summed E-state index contributed by atoms with van der Waals surface area (Å²) in [6.45, 7) is 4.36. The summed E-state index contributed by atoms with van der Waals surface area (Å²) in [7, 11) is 1.56. The van der Waals surface area contributed by atoms with Gasteiger partial charge in [-0.15, -0.1) is 10.2 Å². The van der Waals surface area contributed by atoms with Crippen LogP contribution in [0.3, 0.4) is 0 Å². The van der Waals surface area contributed by atoms with Crippen molar-refractivity contribution in [3.8, 4) is 5.75 Å². The van der Waals surface area contributed by atoms with Crippen molar-refractivity contribution in [3.05, 3.63) is 29.3 Å². The van der Waals surface area contributed by atoms with E-state index in [2.05, 4.69) is 15.5 Å². The molecule has 0 bridgehead atoms. The van der Waals surface area contributed by atoms with Gasteiger partial charge in [0.2, 0.25) is 16.9 Å². The molecule has 1 saturated heterocycles. The molecule has 7 nitrogen and oxygen atoms in total. The van der Waals surface area contributed by atoms with Crippen molar-refractivity contribution in [2.75, 3.05) is 23.9 Å². The molecular weight excluding hydrogens is 340 g/mol. The summed E-state index contributed by atoms with van der Waals surface area (Å²) < 4.78 is 5.31. The van der Waals surface area contributed by atoms with Crippen molar-refractivity contribution in [2.45, 2.75) is 26.2 Å². The number of hydrogen-bond acceptors (Lipinski definition) is 6. The van der Waals surface area contributed by atoms with E-state index in [0.29, 0.717) is 23.1 Å². The lowest BCUT2D eigenvalue weighted by Gasteiger charge is -2.19. The first-order valence-corrected chi connectivity index (χ1v) is 8.89. The maximum Gasteiger partial charge on any atom is 0.231 e. The van der Waals surface area contributed by atoms with Gasteiger partial charge in [-0.1, -0.05) is 37.3 Å². The number of anilines is 2. The van der Waals surface area contributed by atoms with Gasteiger partial charge < -0.3 is 15.0 Å². The molecule has 0 spiro atoms. The highest BCUT2D eigenvalue weighted by atomic mass is 32.1. The minimum absolute atomic E-state index is 0.0928. The number of aromatic nitrogens is 2. The predicted molar refractivity (Wildman–Crippen MR) is 96.1 cm³/mol. The van der Waals surface area contributed by atoms with Crippen LogP contribution in [0.4, 0.5) is 10.8 Å². The lowest BCUT2D eigenvalue weighted by atomic mass is 10.1. The first kappa shape index (κ1) is 17.3. The van der Waals surface area contributed by atoms with Crippen LogP contribution in [0.25, 0.3) is 0 Å². The molecule has 1 N–H and O–H groups in total. The van der Waals surface area contributed by atoms with Crippen LogP contribution in [0.15, 0.2) is 24.3 Å². The van der Waals surface area contributed by atoms with E-state index in [4.69, 9.17) is 4.74 Å². The Morgan fingerprint density at radius 1 is 1.36 bits per heavy atom. The zero-order valence-corrected chi connectivity index (χ0v) is 15.2. The average molecular weight is 360 g/mol. The van der Waals surface area contributed by atoms with Crippen molar-refractivity contribution >= 4 is 34.0 Å². The molecule has 1 aliphatic heterocycles. The van der Waals surface area contributed by atoms with Gasteiger partial charge >= 0.3 is 0 Å². The minimum atomic E-state index is -0.427. The molecule has 1 atom stereocenters. The Kier molecular flexibility index (Phi) is 4.98. The lowest BCUT2D eigenvalue weighted by Crippen LogP contribution is -2.28. The molecule has 0 aliphatic carbocycles. The number of benzene rings is 1. The van der Waals surface area contributed by atoms with Crippen molar-refractivity contribution in [3.63, 3.8) is 0 Å². The smallest absolute Gasteiger partial charge is 0.231 e. The molecule has 0 radical (unpaired) electrons. The summed E-state index contributed by atoms with van der Waals surface area (Å²) in [4.78, 5) is 26.5. The summed E-state index contributed by atoms with van der Waals surface area (Å²) in [6, 6.07) is 7.30. The largest absolute Gasteiger partial charge is 0.495 e. The van der Waals surface area contributed by atoms with Crippen LogP contribution in [-0.4, -0.2) is 35.7 Å². The van der Waals surface area contributed by atoms with E-state index in [9.17, 15) is 9.59 Å². The van der Waals surface area contributed by atoms with Crippen molar-refractivity contribution < 1.29 is 14.3 Å². The topological polar surface area (TPSA) is 84.4 Å². The SMILES string of the molecule is COc1ccccc1N1CC(C(=O)Nc2nnc(C(C)C)s2)CC1=O. The van der Waals surface area contributed by atoms with Crippen LogP contribution in [0.2, 0.25) is 0 Å². The predicted octanol–water partition coefficient (Wildman–Crippen LogP) is 2.66. The van der Waals surface area contributed by atoms with E-state index in [1.54, 1.807) is 18.1 Å². The third kappa shape index (κ3) is 3.63. The van der Waals surface area contributed by atoms with Crippen LogP contribution in [0.5, 0.6) is 5.75 Å². The van der Waals surface area contributed by atoms with Gasteiger partial charge in [-0.2, -0.15) is 0 Å². The number of ether oxygens (including phenoxy) is 1. The maximum absolute atomic E-state index is 12.5. The van der Waals surface area contributed by atoms with Gasteiger partial charge in [0.05, 0.1) is 18.7 Å². The molecule has 2 heterocycles. The van der Waals surface area contributed by atoms with E-state index in [1.165, 1.54) is 11.3 Å². The standard InChI is InChI=1S/C17H20N4O3S/c1-10(2)16-19-20-17(25-16)18-15(23)11-8-14(22)21(9-11)12-6-4-5-7-13(12)24-3/h4-7,10-11H,8-9H2,1-3H3,(H,18,20,23). The lowest BCUT2D eigenvalue weighted by molar-refractivity contribution is -0.122. The number of rotatable bonds is 5. The summed E-state index contributed by atoms with van der Waals surface area (Å²) in [5.74, 6) is 0.144. The molecule has 1 aromatic carbocycles. The van der Waals surface area contributed by atoms with Gasteiger partial charge in [0.25, 0.3) is 0 Å². The summed E-state index contributed by atoms with van der Waals surface area (Å²) in [5, 5.41) is 12.2. The third-order valence-electron chi connectivity index (χ3n) is 4.04. The third-order valence-corrected chi connectivity index (χ3v) is 5.18. The van der Waals surface area contributed by atoms with Gasteiger partial charge in [-0.05, 0) is 12.1 Å². The number of nitrogens with zero attached hydrogens (tertiary/aromatic N) is 3. The second-order valence-electron chi connectivity index (χ2n) is 6.17. The molecule has 3 rings (SSSR count). The minimum Gasteiger partial charge on any atom is -0.495 e. The zero-order chi connectivity index (χ0) is 18.0. The Hall–Kier alpha value is -2.48. The van der Waals surface area contributed by atoms with E-state index < -0.39 is 5.92 Å². The second kappa shape index (κ2) is 7.18. The Labute approximate surface area is 150 Å². The first-order chi connectivity index (χ1) is 12.0. The number of hydrogen-bond donors (Lipinski definition) is 1. The fraction of sp³-hybridized carbons (Fsp3) is 0.412. The summed E-state index contributed by atoms with van der Waals surface area (Å²) >= 11 is 1.36. The Morgan fingerprint density at radius 3 is 2.80 bits per heavy atom. The highest BCUT2D eigenvalue weighted by molar-refractivity contribution is 7.15. The fourth-order valence-corrected chi connectivity index (χ4v) is 3.44. The quantitative estimate of drug-likeness (QED) is 0.886. The average Bonchev–Trinajstić information content (AvgIpc) is 3.21. The van der Waals surface area contributed by atoms with E-state index >= 15 is 0 Å². The Balaban J connectivity index is 1.70. The number of carbonyl (C=O) groups excluding carboxylic acids is 2. The molecule has 2 amide bonds. The molecule has 1 unspecified atom stereocenters. The molecule has 1 aromatic heterocycles. The van der Waals surface area contributed by atoms with Gasteiger partial charge in [-0.25, -0.2) is 0 Å². The molecule has 132 valence electrons. The van der Waals surface area contributed by atoms with Crippen LogP contribution in [-0.2, 0) is 9.59 Å². The van der Waals surface area contributed by atoms with E-state index in [0.717, 1.165) is 5.01 Å².